The Labute approximate surface area is 417 Å². The van der Waals surface area contributed by atoms with E-state index in [9.17, 15) is 15.3 Å². The zero-order valence-corrected chi connectivity index (χ0v) is 42.1. The van der Waals surface area contributed by atoms with E-state index in [1.54, 1.807) is 0 Å². The van der Waals surface area contributed by atoms with Crippen LogP contribution in [0.15, 0.2) is 127 Å². The predicted molar refractivity (Wildman–Crippen MR) is 282 cm³/mol. The van der Waals surface area contributed by atoms with Gasteiger partial charge in [0.2, 0.25) is 0 Å². The van der Waals surface area contributed by atoms with Crippen LogP contribution in [0.3, 0.4) is 0 Å². The van der Waals surface area contributed by atoms with Gasteiger partial charge in [0.05, 0.1) is 16.8 Å². The first-order chi connectivity index (χ1) is 33.8. The van der Waals surface area contributed by atoms with Crippen LogP contribution in [0.1, 0.15) is 132 Å². The second-order valence-electron chi connectivity index (χ2n) is 23.5. The largest absolute Gasteiger partial charge is 0.385 e. The third-order valence-corrected chi connectivity index (χ3v) is 19.3. The quantitative estimate of drug-likeness (QED) is 0.132. The van der Waals surface area contributed by atoms with E-state index in [2.05, 4.69) is 142 Å². The molecule has 6 aliphatic carbocycles. The van der Waals surface area contributed by atoms with Crippen LogP contribution in [0.5, 0.6) is 0 Å². The van der Waals surface area contributed by atoms with Crippen LogP contribution in [-0.2, 0) is 16.8 Å². The van der Waals surface area contributed by atoms with Gasteiger partial charge in [-0.05, 0) is 206 Å². The first-order valence-electron chi connectivity index (χ1n) is 28.3. The fourth-order valence-electron chi connectivity index (χ4n) is 15.3. The standard InChI is InChI=1S/3C21H29NO/c3*23-21(19-7-3-1-4-8-19,11-14-22-12-5-2-6-13-22)20-16-17-9-10-18(20)15-17/h3*1,3-4,7-10,17-18,20,23H,2,5-6,11-16H2/t3*17?,18?,20?,21-/m100/s1. The van der Waals surface area contributed by atoms with Gasteiger partial charge in [0, 0.05) is 19.6 Å². The van der Waals surface area contributed by atoms with E-state index in [1.165, 1.54) is 116 Å². The molecule has 3 N–H and O–H groups in total. The minimum Gasteiger partial charge on any atom is -0.385 e. The van der Waals surface area contributed by atoms with E-state index in [4.69, 9.17) is 0 Å². The summed E-state index contributed by atoms with van der Waals surface area (Å²) in [6, 6.07) is 31.4. The lowest BCUT2D eigenvalue weighted by atomic mass is 9.72. The van der Waals surface area contributed by atoms with Gasteiger partial charge in [-0.3, -0.25) is 0 Å². The zero-order chi connectivity index (χ0) is 47.1. The predicted octanol–water partition coefficient (Wildman–Crippen LogP) is 11.9. The Morgan fingerprint density at radius 2 is 0.594 bits per heavy atom. The van der Waals surface area contributed by atoms with Crippen LogP contribution >= 0.6 is 0 Å². The van der Waals surface area contributed by atoms with Crippen molar-refractivity contribution in [3.8, 4) is 0 Å². The highest BCUT2D eigenvalue weighted by molar-refractivity contribution is 5.30. The summed E-state index contributed by atoms with van der Waals surface area (Å²) >= 11 is 0. The second-order valence-corrected chi connectivity index (χ2v) is 23.5. The summed E-state index contributed by atoms with van der Waals surface area (Å²) in [4.78, 5) is 7.67. The van der Waals surface area contributed by atoms with Crippen LogP contribution in [0.25, 0.3) is 0 Å². The maximum atomic E-state index is 11.8. The Bertz CT molecular complexity index is 1890. The van der Waals surface area contributed by atoms with Crippen LogP contribution in [0, 0.1) is 53.3 Å². The number of likely N-dealkylation sites (tertiary alicyclic amines) is 3. The molecule has 69 heavy (non-hydrogen) atoms. The summed E-state index contributed by atoms with van der Waals surface area (Å²) < 4.78 is 0. The molecule has 0 aromatic heterocycles. The molecule has 3 heterocycles. The van der Waals surface area contributed by atoms with E-state index < -0.39 is 16.8 Å². The lowest BCUT2D eigenvalue weighted by molar-refractivity contribution is -0.0498. The number of hydrogen-bond acceptors (Lipinski definition) is 6. The Kier molecular flexibility index (Phi) is 16.1. The molecular formula is C63H87N3O3. The van der Waals surface area contributed by atoms with Gasteiger partial charge in [-0.2, -0.15) is 0 Å². The molecule has 6 nitrogen and oxygen atoms in total. The van der Waals surface area contributed by atoms with Gasteiger partial charge >= 0.3 is 0 Å². The van der Waals surface area contributed by atoms with E-state index in [-0.39, 0.29) is 0 Å². The molecule has 372 valence electrons. The van der Waals surface area contributed by atoms with Gasteiger partial charge in [0.1, 0.15) is 0 Å². The smallest absolute Gasteiger partial charge is 0.0942 e. The molecule has 0 spiro atoms. The zero-order valence-electron chi connectivity index (χ0n) is 42.1. The molecule has 0 amide bonds. The molecule has 12 atom stereocenters. The first-order valence-corrected chi connectivity index (χ1v) is 28.3. The van der Waals surface area contributed by atoms with E-state index in [0.717, 1.165) is 74.8 Å². The molecule has 3 aliphatic heterocycles. The molecule has 6 heteroatoms. The maximum absolute atomic E-state index is 11.8. The average molecular weight is 934 g/mol. The Balaban J connectivity index is 0.000000120. The van der Waals surface area contributed by atoms with Crippen molar-refractivity contribution in [2.24, 2.45) is 53.3 Å². The number of benzene rings is 3. The van der Waals surface area contributed by atoms with Crippen molar-refractivity contribution < 1.29 is 15.3 Å². The molecule has 3 aromatic carbocycles. The van der Waals surface area contributed by atoms with Crippen molar-refractivity contribution in [2.75, 3.05) is 58.9 Å². The SMILES string of the molecule is O[C@@](CCN1CCCCC1)(c1ccccc1)C1CC2C=CC1C2.O[C@@](CCN1CCCCC1)(c1ccccc1)C1CC2C=CC1C2.O[C@](CCN1CCCCC1)(c1ccccc1)C1CC2C=CC1C2. The molecular weight excluding hydrogens is 847 g/mol. The molecule has 6 fully saturated rings. The maximum Gasteiger partial charge on any atom is 0.0942 e. The van der Waals surface area contributed by atoms with Crippen molar-refractivity contribution in [1.82, 2.24) is 14.7 Å². The topological polar surface area (TPSA) is 70.4 Å². The van der Waals surface area contributed by atoms with Crippen molar-refractivity contribution in [1.29, 1.82) is 0 Å². The molecule has 3 saturated heterocycles. The van der Waals surface area contributed by atoms with Gasteiger partial charge in [-0.25, -0.2) is 0 Å². The summed E-state index contributed by atoms with van der Waals surface area (Å²) in [5.41, 5.74) is 1.39. The monoisotopic (exact) mass is 934 g/mol. The Hall–Kier alpha value is -3.36. The highest BCUT2D eigenvalue weighted by Gasteiger charge is 2.51. The fraction of sp³-hybridized carbons (Fsp3) is 0.619. The summed E-state index contributed by atoms with van der Waals surface area (Å²) in [6.07, 6.45) is 36.1. The summed E-state index contributed by atoms with van der Waals surface area (Å²) in [5.74, 6) is 5.02. The molecule has 3 aromatic rings. The Morgan fingerprint density at radius 1 is 0.333 bits per heavy atom. The van der Waals surface area contributed by atoms with Crippen molar-refractivity contribution in [3.05, 3.63) is 144 Å². The molecule has 0 radical (unpaired) electrons. The summed E-state index contributed by atoms with van der Waals surface area (Å²) in [6.45, 7) is 10.4. The van der Waals surface area contributed by atoms with Crippen molar-refractivity contribution in [2.45, 2.75) is 132 Å². The third-order valence-electron chi connectivity index (χ3n) is 19.3. The third kappa shape index (κ3) is 11.3. The van der Waals surface area contributed by atoms with Crippen molar-refractivity contribution >= 4 is 0 Å². The highest BCUT2D eigenvalue weighted by Crippen LogP contribution is 2.55. The number of fused-ring (bicyclic) bond motifs is 6. The summed E-state index contributed by atoms with van der Waals surface area (Å²) in [5, 5.41) is 35.3. The highest BCUT2D eigenvalue weighted by atomic mass is 16.3. The van der Waals surface area contributed by atoms with E-state index in [1.807, 2.05) is 0 Å². The fourth-order valence-corrected chi connectivity index (χ4v) is 15.3. The average Bonchev–Trinajstić information content (AvgIpc) is 4.32. The first kappa shape index (κ1) is 49.2. The second kappa shape index (κ2) is 22.6. The van der Waals surface area contributed by atoms with Crippen LogP contribution in [0.4, 0.5) is 0 Å². The van der Waals surface area contributed by atoms with Gasteiger partial charge in [-0.15, -0.1) is 0 Å². The van der Waals surface area contributed by atoms with Crippen LogP contribution < -0.4 is 0 Å². The van der Waals surface area contributed by atoms with Gasteiger partial charge in [0.15, 0.2) is 0 Å². The number of hydrogen-bond donors (Lipinski definition) is 3. The van der Waals surface area contributed by atoms with Gasteiger partial charge < -0.3 is 30.0 Å². The minimum atomic E-state index is -0.664. The number of allylic oxidation sites excluding steroid dienone is 6. The molecule has 12 rings (SSSR count). The molecule has 9 aliphatic rings. The molecule has 3 saturated carbocycles. The number of rotatable bonds is 15. The van der Waals surface area contributed by atoms with Crippen LogP contribution in [0.2, 0.25) is 0 Å². The normalized spacial score (nSPS) is 33.0. The van der Waals surface area contributed by atoms with E-state index >= 15 is 0 Å². The Morgan fingerprint density at radius 3 is 0.812 bits per heavy atom. The molecule has 6 bridgehead atoms. The lowest BCUT2D eigenvalue weighted by Crippen LogP contribution is -2.42. The number of piperidine rings is 3. The minimum absolute atomic E-state index is 0.393. The van der Waals surface area contributed by atoms with Crippen molar-refractivity contribution in [3.63, 3.8) is 0 Å². The van der Waals surface area contributed by atoms with E-state index in [0.29, 0.717) is 53.3 Å². The van der Waals surface area contributed by atoms with Crippen LogP contribution in [-0.4, -0.2) is 88.9 Å². The summed E-state index contributed by atoms with van der Waals surface area (Å²) in [7, 11) is 0. The molecule has 9 unspecified atom stereocenters. The number of nitrogens with zero attached hydrogens (tertiary/aromatic N) is 3. The number of aliphatic hydroxyl groups is 3. The lowest BCUT2D eigenvalue weighted by Gasteiger charge is -2.40. The van der Waals surface area contributed by atoms with Gasteiger partial charge in [0.25, 0.3) is 0 Å². The van der Waals surface area contributed by atoms with Gasteiger partial charge in [-0.1, -0.05) is 147 Å².